The molecular formula is C21H46ClNS. The molecule has 0 aromatic heterocycles. The summed E-state index contributed by atoms with van der Waals surface area (Å²) in [6, 6.07) is 0. The summed E-state index contributed by atoms with van der Waals surface area (Å²) in [7, 11) is 4.82. The Labute approximate surface area is 164 Å². The maximum atomic E-state index is 2.41. The molecule has 0 bridgehead atoms. The van der Waals surface area contributed by atoms with Gasteiger partial charge in [0, 0.05) is 0 Å². The molecule has 0 N–H and O–H groups in total. The molecule has 0 aromatic rings. The molecule has 0 aliphatic heterocycles. The number of halogens is 1. The van der Waals surface area contributed by atoms with Crippen molar-refractivity contribution in [2.75, 3.05) is 32.3 Å². The summed E-state index contributed by atoms with van der Waals surface area (Å²) in [5.74, 6) is 2.66. The lowest BCUT2D eigenvalue weighted by Gasteiger charge is -2.29. The van der Waals surface area contributed by atoms with Gasteiger partial charge in [0.1, 0.15) is 5.88 Å². The van der Waals surface area contributed by atoms with Crippen LogP contribution in [0.3, 0.4) is 0 Å². The average Bonchev–Trinajstić information content (AvgIpc) is 2.52. The second kappa shape index (κ2) is 19.9. The summed E-state index contributed by atoms with van der Waals surface area (Å²) < 4.78 is 1.20. The fraction of sp³-hybridized carbons (Fsp3) is 1.00. The molecule has 0 aromatic carbocycles. The first kappa shape index (κ1) is 26.8. The number of rotatable bonds is 18. The number of unbranched alkanes of at least 4 members (excludes halogenated alkanes) is 12. The minimum atomic E-state index is 0. The van der Waals surface area contributed by atoms with Gasteiger partial charge in [0.25, 0.3) is 0 Å². The van der Waals surface area contributed by atoms with Crippen LogP contribution >= 0.6 is 11.8 Å². The first-order valence-electron chi connectivity index (χ1n) is 10.5. The number of quaternary nitrogens is 1. The lowest BCUT2D eigenvalue weighted by atomic mass is 10.1. The van der Waals surface area contributed by atoms with Gasteiger partial charge in [-0.2, -0.15) is 0 Å². The third kappa shape index (κ3) is 20.6. The van der Waals surface area contributed by atoms with Crippen LogP contribution in [-0.4, -0.2) is 36.8 Å². The Kier molecular flexibility index (Phi) is 22.3. The first-order chi connectivity index (χ1) is 11.1. The number of nitrogens with zero attached hydrogens (tertiary/aromatic N) is 1. The van der Waals surface area contributed by atoms with Crippen LogP contribution in [0.1, 0.15) is 104 Å². The SMILES string of the molecule is CCCCCCCCCCCC[N+](C)(C)CSCCCCCC.[Cl-]. The van der Waals surface area contributed by atoms with Gasteiger partial charge in [-0.3, -0.25) is 0 Å². The highest BCUT2D eigenvalue weighted by Crippen LogP contribution is 2.15. The predicted molar refractivity (Wildman–Crippen MR) is 110 cm³/mol. The molecule has 0 rings (SSSR count). The van der Waals surface area contributed by atoms with E-state index in [4.69, 9.17) is 0 Å². The van der Waals surface area contributed by atoms with E-state index < -0.39 is 0 Å². The Morgan fingerprint density at radius 3 is 1.50 bits per heavy atom. The molecule has 0 amide bonds. The van der Waals surface area contributed by atoms with Gasteiger partial charge in [-0.15, -0.1) is 11.8 Å². The summed E-state index contributed by atoms with van der Waals surface area (Å²) in [5, 5.41) is 0. The lowest BCUT2D eigenvalue weighted by molar-refractivity contribution is -0.877. The lowest BCUT2D eigenvalue weighted by Crippen LogP contribution is -3.00. The van der Waals surface area contributed by atoms with Gasteiger partial charge in [0.05, 0.1) is 20.6 Å². The van der Waals surface area contributed by atoms with Crippen molar-refractivity contribution in [3.05, 3.63) is 0 Å². The Morgan fingerprint density at radius 2 is 1.00 bits per heavy atom. The van der Waals surface area contributed by atoms with Crippen LogP contribution in [0.4, 0.5) is 0 Å². The minimum Gasteiger partial charge on any atom is -1.00 e. The van der Waals surface area contributed by atoms with Gasteiger partial charge < -0.3 is 16.9 Å². The van der Waals surface area contributed by atoms with E-state index in [0.29, 0.717) is 0 Å². The maximum absolute atomic E-state index is 2.41. The van der Waals surface area contributed by atoms with Crippen molar-refractivity contribution in [1.29, 1.82) is 0 Å². The van der Waals surface area contributed by atoms with Crippen molar-refractivity contribution in [3.63, 3.8) is 0 Å². The quantitative estimate of drug-likeness (QED) is 0.195. The Bertz CT molecular complexity index is 234. The minimum absolute atomic E-state index is 0. The zero-order valence-electron chi connectivity index (χ0n) is 17.3. The van der Waals surface area contributed by atoms with Crippen LogP contribution < -0.4 is 12.4 Å². The molecule has 0 fully saturated rings. The first-order valence-corrected chi connectivity index (χ1v) is 11.7. The molecule has 0 radical (unpaired) electrons. The highest BCUT2D eigenvalue weighted by Gasteiger charge is 2.13. The third-order valence-electron chi connectivity index (χ3n) is 4.70. The van der Waals surface area contributed by atoms with Gasteiger partial charge >= 0.3 is 0 Å². The van der Waals surface area contributed by atoms with Crippen molar-refractivity contribution in [2.24, 2.45) is 0 Å². The summed E-state index contributed by atoms with van der Waals surface area (Å²) in [6.07, 6.45) is 20.0. The van der Waals surface area contributed by atoms with Gasteiger partial charge in [-0.25, -0.2) is 0 Å². The van der Waals surface area contributed by atoms with Crippen molar-refractivity contribution in [1.82, 2.24) is 0 Å². The van der Waals surface area contributed by atoms with E-state index in [1.807, 2.05) is 0 Å². The summed E-state index contributed by atoms with van der Waals surface area (Å²) in [6.45, 7) is 5.95. The van der Waals surface area contributed by atoms with Crippen LogP contribution in [0.2, 0.25) is 0 Å². The van der Waals surface area contributed by atoms with Crippen LogP contribution in [0.25, 0.3) is 0 Å². The van der Waals surface area contributed by atoms with Crippen molar-refractivity contribution in [2.45, 2.75) is 104 Å². The Morgan fingerprint density at radius 1 is 0.583 bits per heavy atom. The smallest absolute Gasteiger partial charge is 0.125 e. The Hall–Kier alpha value is 0.600. The molecule has 24 heavy (non-hydrogen) atoms. The highest BCUT2D eigenvalue weighted by atomic mass is 35.5. The predicted octanol–water partition coefficient (Wildman–Crippen LogP) is 4.26. The average molecular weight is 380 g/mol. The molecule has 0 aliphatic carbocycles. The highest BCUT2D eigenvalue weighted by molar-refractivity contribution is 7.99. The molecule has 0 heterocycles. The monoisotopic (exact) mass is 379 g/mol. The van der Waals surface area contributed by atoms with Gasteiger partial charge in [0.2, 0.25) is 0 Å². The molecule has 0 saturated heterocycles. The van der Waals surface area contributed by atoms with E-state index in [1.54, 1.807) is 0 Å². The molecule has 0 atom stereocenters. The van der Waals surface area contributed by atoms with E-state index >= 15 is 0 Å². The molecule has 148 valence electrons. The summed E-state index contributed by atoms with van der Waals surface area (Å²) >= 11 is 2.16. The Balaban J connectivity index is 0. The molecule has 1 nitrogen and oxygen atoms in total. The molecule has 0 unspecified atom stereocenters. The maximum Gasteiger partial charge on any atom is 0.125 e. The van der Waals surface area contributed by atoms with E-state index in [9.17, 15) is 0 Å². The fourth-order valence-electron chi connectivity index (χ4n) is 3.03. The van der Waals surface area contributed by atoms with Gasteiger partial charge in [-0.1, -0.05) is 84.5 Å². The fourth-order valence-corrected chi connectivity index (χ4v) is 4.20. The largest absolute Gasteiger partial charge is 1.00 e. The van der Waals surface area contributed by atoms with Crippen molar-refractivity contribution in [3.8, 4) is 0 Å². The zero-order chi connectivity index (χ0) is 17.2. The third-order valence-corrected chi connectivity index (χ3v) is 6.16. The number of thioether (sulfide) groups is 1. The van der Waals surface area contributed by atoms with E-state index in [-0.39, 0.29) is 12.4 Å². The summed E-state index contributed by atoms with van der Waals surface area (Å²) in [4.78, 5) is 0. The zero-order valence-corrected chi connectivity index (χ0v) is 18.8. The second-order valence-corrected chi connectivity index (χ2v) is 9.01. The van der Waals surface area contributed by atoms with E-state index in [1.165, 1.54) is 113 Å². The second-order valence-electron chi connectivity index (χ2n) is 7.94. The topological polar surface area (TPSA) is 0 Å². The normalized spacial score (nSPS) is 11.5. The van der Waals surface area contributed by atoms with Gasteiger partial charge in [-0.05, 0) is 25.0 Å². The molecule has 0 spiro atoms. The molecular weight excluding hydrogens is 334 g/mol. The van der Waals surface area contributed by atoms with E-state index in [0.717, 1.165) is 0 Å². The van der Waals surface area contributed by atoms with Crippen LogP contribution in [-0.2, 0) is 0 Å². The van der Waals surface area contributed by atoms with Gasteiger partial charge in [0.15, 0.2) is 0 Å². The van der Waals surface area contributed by atoms with Crippen molar-refractivity contribution >= 4 is 11.8 Å². The molecule has 0 saturated carbocycles. The van der Waals surface area contributed by atoms with Crippen LogP contribution in [0, 0.1) is 0 Å². The molecule has 0 aliphatic rings. The van der Waals surface area contributed by atoms with Crippen LogP contribution in [0.5, 0.6) is 0 Å². The van der Waals surface area contributed by atoms with Crippen LogP contribution in [0.15, 0.2) is 0 Å². The number of hydrogen-bond acceptors (Lipinski definition) is 1. The summed E-state index contributed by atoms with van der Waals surface area (Å²) in [5.41, 5.74) is 0. The number of hydrogen-bond donors (Lipinski definition) is 0. The van der Waals surface area contributed by atoms with E-state index in [2.05, 4.69) is 39.7 Å². The standard InChI is InChI=1S/C21H46NS.ClH/c1-5-7-9-11-12-13-14-15-16-17-19-22(3,4)21-23-20-18-10-8-6-2;/h5-21H2,1-4H3;1H/q+1;/p-1. The molecule has 3 heteroatoms. The van der Waals surface area contributed by atoms with Crippen molar-refractivity contribution < 1.29 is 16.9 Å².